The summed E-state index contributed by atoms with van der Waals surface area (Å²) in [6, 6.07) is 7.58. The minimum Gasteiger partial charge on any atom is -0.507 e. The fourth-order valence-electron chi connectivity index (χ4n) is 3.32. The summed E-state index contributed by atoms with van der Waals surface area (Å²) in [4.78, 5) is 40.8. The summed E-state index contributed by atoms with van der Waals surface area (Å²) in [5.41, 5.74) is 0.580. The molecule has 1 aliphatic heterocycles. The Balaban J connectivity index is 1.81. The van der Waals surface area contributed by atoms with Crippen molar-refractivity contribution in [2.75, 3.05) is 13.2 Å². The molecule has 1 aliphatic rings. The molecule has 2 aromatic heterocycles. The van der Waals surface area contributed by atoms with Crippen molar-refractivity contribution in [3.8, 4) is 5.75 Å². The average molecular weight is 415 g/mol. The Morgan fingerprint density at radius 3 is 2.86 bits per heavy atom. The monoisotopic (exact) mass is 415 g/mol. The number of hydrogen-bond acceptors (Lipinski definition) is 7. The molecular formula is C19H17N3O6S. The van der Waals surface area contributed by atoms with E-state index in [0.29, 0.717) is 29.3 Å². The lowest BCUT2D eigenvalue weighted by atomic mass is 10.0. The van der Waals surface area contributed by atoms with Crippen LogP contribution in [0.4, 0.5) is 0 Å². The van der Waals surface area contributed by atoms with Crippen molar-refractivity contribution >= 4 is 33.4 Å². The third kappa shape index (κ3) is 3.59. The van der Waals surface area contributed by atoms with E-state index in [4.69, 9.17) is 9.84 Å². The number of carboxylic acid groups (broad SMARTS) is 1. The smallest absolute Gasteiger partial charge is 0.322 e. The van der Waals surface area contributed by atoms with Crippen LogP contribution in [0.2, 0.25) is 0 Å². The molecule has 1 amide bonds. The topological polar surface area (TPSA) is 131 Å². The number of amides is 1. The number of nitrogens with one attached hydrogen (secondary N) is 1. The minimum atomic E-state index is -1.25. The maximum Gasteiger partial charge on any atom is 0.322 e. The van der Waals surface area contributed by atoms with Crippen LogP contribution in [0.25, 0.3) is 10.2 Å². The van der Waals surface area contributed by atoms with Crippen molar-refractivity contribution in [2.45, 2.75) is 19.6 Å². The number of benzene rings is 1. The number of para-hydroxylation sites is 1. The summed E-state index contributed by atoms with van der Waals surface area (Å²) in [7, 11) is 0. The molecule has 0 atom stereocenters. The molecule has 0 fully saturated rings. The van der Waals surface area contributed by atoms with E-state index in [1.54, 1.807) is 0 Å². The standard InChI is InChI=1S/C19H17N3O6S/c23-15(24)7-20-18(26)16-17(25)10-5-6-28-9-12(10)22(19(16)27)8-14-21-11-3-1-2-4-13(11)29-14/h1-4,25H,5-9H2,(H,20,26)(H,23,24). The van der Waals surface area contributed by atoms with Crippen molar-refractivity contribution in [2.24, 2.45) is 0 Å². The van der Waals surface area contributed by atoms with Gasteiger partial charge in [0.05, 0.1) is 35.7 Å². The molecule has 3 N–H and O–H groups in total. The largest absolute Gasteiger partial charge is 0.507 e. The van der Waals surface area contributed by atoms with E-state index in [1.165, 1.54) is 15.9 Å². The number of fused-ring (bicyclic) bond motifs is 2. The molecule has 0 radical (unpaired) electrons. The van der Waals surface area contributed by atoms with Crippen molar-refractivity contribution in [1.82, 2.24) is 14.9 Å². The first-order chi connectivity index (χ1) is 14.0. The number of rotatable bonds is 5. The number of thiazole rings is 1. The predicted molar refractivity (Wildman–Crippen MR) is 104 cm³/mol. The molecule has 3 heterocycles. The minimum absolute atomic E-state index is 0.114. The number of aromatic nitrogens is 2. The predicted octanol–water partition coefficient (Wildman–Crippen LogP) is 1.10. The zero-order valence-corrected chi connectivity index (χ0v) is 16.0. The maximum absolute atomic E-state index is 13.1. The summed E-state index contributed by atoms with van der Waals surface area (Å²) < 4.78 is 7.80. The second-order valence-corrected chi connectivity index (χ2v) is 7.61. The lowest BCUT2D eigenvalue weighted by Gasteiger charge is -2.23. The second kappa shape index (κ2) is 7.64. The maximum atomic E-state index is 13.1. The molecule has 0 saturated heterocycles. The van der Waals surface area contributed by atoms with Gasteiger partial charge in [0.25, 0.3) is 11.5 Å². The van der Waals surface area contributed by atoms with E-state index in [0.717, 1.165) is 10.2 Å². The van der Waals surface area contributed by atoms with E-state index >= 15 is 0 Å². The number of carbonyl (C=O) groups excluding carboxylic acids is 1. The van der Waals surface area contributed by atoms with Crippen LogP contribution in [0.3, 0.4) is 0 Å². The molecule has 9 nitrogen and oxygen atoms in total. The zero-order valence-electron chi connectivity index (χ0n) is 15.2. The Bertz CT molecular complexity index is 1150. The van der Waals surface area contributed by atoms with E-state index < -0.39 is 35.3 Å². The van der Waals surface area contributed by atoms with Crippen LogP contribution in [0.15, 0.2) is 29.1 Å². The van der Waals surface area contributed by atoms with Gasteiger partial charge in [0, 0.05) is 12.0 Å². The normalized spacial score (nSPS) is 13.2. The molecule has 0 saturated carbocycles. The first-order valence-electron chi connectivity index (χ1n) is 8.85. The Morgan fingerprint density at radius 1 is 1.31 bits per heavy atom. The van der Waals surface area contributed by atoms with Gasteiger partial charge >= 0.3 is 5.97 Å². The Kier molecular flexibility index (Phi) is 5.03. The lowest BCUT2D eigenvalue weighted by Crippen LogP contribution is -2.38. The van der Waals surface area contributed by atoms with Gasteiger partial charge in [-0.25, -0.2) is 4.98 Å². The summed E-state index contributed by atoms with van der Waals surface area (Å²) >= 11 is 1.43. The molecule has 0 bridgehead atoms. The van der Waals surface area contributed by atoms with E-state index in [1.807, 2.05) is 24.3 Å². The zero-order chi connectivity index (χ0) is 20.5. The highest BCUT2D eigenvalue weighted by Crippen LogP contribution is 2.29. The number of pyridine rings is 1. The van der Waals surface area contributed by atoms with Crippen LogP contribution in [0, 0.1) is 0 Å². The van der Waals surface area contributed by atoms with Crippen LogP contribution in [0.5, 0.6) is 5.75 Å². The van der Waals surface area contributed by atoms with Gasteiger partial charge < -0.3 is 24.8 Å². The third-order valence-electron chi connectivity index (χ3n) is 4.65. The van der Waals surface area contributed by atoms with Crippen LogP contribution in [0.1, 0.15) is 26.6 Å². The summed E-state index contributed by atoms with van der Waals surface area (Å²) in [6.07, 6.45) is 0.334. The summed E-state index contributed by atoms with van der Waals surface area (Å²) in [5.74, 6) is -2.60. The number of nitrogens with zero attached hydrogens (tertiary/aromatic N) is 2. The molecule has 1 aromatic carbocycles. The van der Waals surface area contributed by atoms with E-state index in [9.17, 15) is 19.5 Å². The number of aliphatic carboxylic acids is 1. The molecule has 3 aromatic rings. The molecule has 10 heteroatoms. The molecule has 150 valence electrons. The van der Waals surface area contributed by atoms with Crippen LogP contribution >= 0.6 is 11.3 Å². The van der Waals surface area contributed by atoms with Crippen LogP contribution in [-0.2, 0) is 29.1 Å². The number of aromatic hydroxyl groups is 1. The Morgan fingerprint density at radius 2 is 2.10 bits per heavy atom. The molecule has 0 aliphatic carbocycles. The van der Waals surface area contributed by atoms with E-state index in [2.05, 4.69) is 10.3 Å². The van der Waals surface area contributed by atoms with Gasteiger partial charge in [0.15, 0.2) is 0 Å². The number of carbonyl (C=O) groups is 2. The van der Waals surface area contributed by atoms with E-state index in [-0.39, 0.29) is 13.2 Å². The van der Waals surface area contributed by atoms with Gasteiger partial charge in [-0.2, -0.15) is 0 Å². The molecule has 0 unspecified atom stereocenters. The van der Waals surface area contributed by atoms with Crippen molar-refractivity contribution in [1.29, 1.82) is 0 Å². The number of ether oxygens (including phenoxy) is 1. The fourth-order valence-corrected chi connectivity index (χ4v) is 4.28. The molecular weight excluding hydrogens is 398 g/mol. The second-order valence-electron chi connectivity index (χ2n) is 6.49. The van der Waals surface area contributed by atoms with Crippen molar-refractivity contribution < 1.29 is 24.5 Å². The first kappa shape index (κ1) is 19.1. The quantitative estimate of drug-likeness (QED) is 0.569. The van der Waals surface area contributed by atoms with Gasteiger partial charge in [0.1, 0.15) is 22.9 Å². The molecule has 4 rings (SSSR count). The van der Waals surface area contributed by atoms with Crippen molar-refractivity contribution in [3.63, 3.8) is 0 Å². The summed E-state index contributed by atoms with van der Waals surface area (Å²) in [5, 5.41) is 22.2. The van der Waals surface area contributed by atoms with Gasteiger partial charge in [-0.15, -0.1) is 11.3 Å². The Labute approximate surface area is 168 Å². The number of hydrogen-bond donors (Lipinski definition) is 3. The van der Waals surface area contributed by atoms with Gasteiger partial charge in [-0.1, -0.05) is 12.1 Å². The molecule has 0 spiro atoms. The average Bonchev–Trinajstić information content (AvgIpc) is 3.12. The molecule has 29 heavy (non-hydrogen) atoms. The van der Waals surface area contributed by atoms with Gasteiger partial charge in [0.2, 0.25) is 0 Å². The van der Waals surface area contributed by atoms with Crippen molar-refractivity contribution in [3.05, 3.63) is 56.4 Å². The highest BCUT2D eigenvalue weighted by atomic mass is 32.1. The first-order valence-corrected chi connectivity index (χ1v) is 9.67. The highest BCUT2D eigenvalue weighted by molar-refractivity contribution is 7.18. The highest BCUT2D eigenvalue weighted by Gasteiger charge is 2.28. The summed E-state index contributed by atoms with van der Waals surface area (Å²) in [6.45, 7) is -0.0741. The lowest BCUT2D eigenvalue weighted by molar-refractivity contribution is -0.135. The van der Waals surface area contributed by atoms with Crippen LogP contribution < -0.4 is 10.9 Å². The van der Waals surface area contributed by atoms with Gasteiger partial charge in [-0.05, 0) is 12.1 Å². The Hall–Kier alpha value is -3.24. The third-order valence-corrected chi connectivity index (χ3v) is 5.67. The fraction of sp³-hybridized carbons (Fsp3) is 0.263. The SMILES string of the molecule is O=C(O)CNC(=O)c1c(O)c2c(n(Cc3nc4ccccc4s3)c1=O)COCC2. The van der Waals surface area contributed by atoms with Crippen LogP contribution in [-0.4, -0.2) is 44.8 Å². The van der Waals surface area contributed by atoms with Gasteiger partial charge in [-0.3, -0.25) is 14.4 Å². The number of carboxylic acids is 1.